The molecule has 0 saturated heterocycles. The summed E-state index contributed by atoms with van der Waals surface area (Å²) < 4.78 is 240. The molecular formula is C72H58N4O2Pt-2. The van der Waals surface area contributed by atoms with Crippen molar-refractivity contribution in [3.05, 3.63) is 235 Å². The zero-order chi connectivity index (χ0) is 73.6. The van der Waals surface area contributed by atoms with Crippen LogP contribution in [0, 0.1) is 18.5 Å². The minimum absolute atomic E-state index is 0. The molecule has 9 aromatic carbocycles. The summed E-state index contributed by atoms with van der Waals surface area (Å²) in [4.78, 5) is 4.81. The molecule has 0 aliphatic heterocycles. The number of para-hydroxylation sites is 3. The van der Waals surface area contributed by atoms with Gasteiger partial charge in [0, 0.05) is 82.5 Å². The zero-order valence-corrected chi connectivity index (χ0v) is 44.6. The van der Waals surface area contributed by atoms with Gasteiger partial charge in [0.2, 0.25) is 0 Å². The topological polar surface area (TPSA) is 49.0 Å². The van der Waals surface area contributed by atoms with E-state index in [1.54, 1.807) is 42.6 Å². The number of rotatable bonds is 8. The summed E-state index contributed by atoms with van der Waals surface area (Å²) in [5.74, 6) is 1.04. The Morgan fingerprint density at radius 3 is 2.18 bits per heavy atom. The van der Waals surface area contributed by atoms with Gasteiger partial charge in [0.15, 0.2) is 0 Å². The number of fused-ring (bicyclic) bond motifs is 8. The Kier molecular flexibility index (Phi) is 7.24. The van der Waals surface area contributed by atoms with Crippen LogP contribution in [0.4, 0.5) is 0 Å². The number of aromatic nitrogens is 4. The molecule has 0 saturated carbocycles. The van der Waals surface area contributed by atoms with E-state index in [1.165, 1.54) is 27.3 Å². The van der Waals surface area contributed by atoms with Gasteiger partial charge in [0.25, 0.3) is 6.33 Å². The van der Waals surface area contributed by atoms with Crippen molar-refractivity contribution < 1.29 is 67.7 Å². The maximum absolute atomic E-state index is 10.4. The first kappa shape index (κ1) is 30.2. The van der Waals surface area contributed by atoms with Crippen molar-refractivity contribution in [1.82, 2.24) is 14.1 Å². The van der Waals surface area contributed by atoms with Crippen molar-refractivity contribution in [3.8, 4) is 62.1 Å². The molecular weight excluding hydrogens is 1150 g/mol. The summed E-state index contributed by atoms with van der Waals surface area (Å²) in [6, 6.07) is 40.7. The van der Waals surface area contributed by atoms with E-state index in [9.17, 15) is 12.3 Å². The van der Waals surface area contributed by atoms with E-state index in [1.807, 2.05) is 95.6 Å². The van der Waals surface area contributed by atoms with E-state index in [-0.39, 0.29) is 60.3 Å². The molecule has 0 atom stereocenters. The normalized spacial score (nSPS) is 20.3. The third-order valence-electron chi connectivity index (χ3n) is 14.3. The fourth-order valence-corrected chi connectivity index (χ4v) is 10.5. The average molecular weight is 1230 g/mol. The molecule has 0 unspecified atom stereocenters. The Morgan fingerprint density at radius 2 is 1.37 bits per heavy atom. The molecule has 1 aliphatic carbocycles. The number of pyridine rings is 1. The average Bonchev–Trinajstić information content (AvgIpc) is 1.20. The van der Waals surface area contributed by atoms with E-state index in [2.05, 4.69) is 39.2 Å². The number of furan rings is 1. The van der Waals surface area contributed by atoms with Crippen molar-refractivity contribution >= 4 is 54.8 Å². The van der Waals surface area contributed by atoms with Crippen LogP contribution in [0.25, 0.3) is 105 Å². The van der Waals surface area contributed by atoms with Crippen LogP contribution in [-0.4, -0.2) is 14.1 Å². The van der Waals surface area contributed by atoms with Crippen LogP contribution < -0.4 is 9.30 Å². The maximum Gasteiger partial charge on any atom is 0.268 e. The molecule has 1 aliphatic rings. The molecule has 0 spiro atoms. The summed E-state index contributed by atoms with van der Waals surface area (Å²) in [5.41, 5.74) is -10.00. The molecule has 4 aromatic heterocycles. The molecule has 0 N–H and O–H groups in total. The number of benzene rings is 9. The largest absolute Gasteiger partial charge is 0.510 e. The van der Waals surface area contributed by atoms with E-state index < -0.39 is 133 Å². The molecule has 14 rings (SSSR count). The third-order valence-corrected chi connectivity index (χ3v) is 14.3. The van der Waals surface area contributed by atoms with Gasteiger partial charge in [-0.15, -0.1) is 29.7 Å². The first-order valence-corrected chi connectivity index (χ1v) is 25.0. The van der Waals surface area contributed by atoms with Gasteiger partial charge >= 0.3 is 0 Å². The van der Waals surface area contributed by atoms with Gasteiger partial charge in [-0.25, -0.2) is 4.98 Å². The minimum atomic E-state index is -4.65. The Balaban J connectivity index is 0.00000945. The monoisotopic (exact) mass is 1230 g/mol. The van der Waals surface area contributed by atoms with Crippen molar-refractivity contribution in [3.63, 3.8) is 0 Å². The molecule has 0 amide bonds. The standard InChI is InChI=1S/C72H58N4O2.Pt/c1-70(2,3)49-35-38-73-67(40-49)76-62-30-15-14-25-56(62)57-33-32-52(42-63(57)76)77-51-24-16-23-50(41-51)74-45-75(64-43-59-58-29-18-28-55(47-21-12-9-13-22-47)69(58)78-66(59)44-65(64)74)68-53(46-19-10-8-11-20-46)26-17-27-54(68)48-31-34-60-61(39-48)72(6,7)37-36-71(60,4)5;/h8-35,38-40,43-44H,36-37H2,1-7H3;/q-2;/i4D3,5D3,6D3,7D3,8D,10D,11D,19D,20D,31D,34D,36D2,37D2,39D;. The van der Waals surface area contributed by atoms with Crippen LogP contribution >= 0.6 is 0 Å². The molecule has 4 heterocycles. The molecule has 13 aromatic rings. The Morgan fingerprint density at radius 1 is 0.646 bits per heavy atom. The minimum Gasteiger partial charge on any atom is -0.510 e. The SMILES string of the molecule is [2H]c1c([2H])c([2H])c(-c2cccc(-c3c([2H])c([2H])c4c(c3[2H])C(C([2H])([2H])[2H])(C([2H])([2H])[2H])C([2H])([2H])C([2H])([2H])C4(C([2H])([2H])[2H])C([2H])([2H])[2H])c2-[n+]2[c-]n(-c3[c-]c(Oc4[c-]c5c(cc4)c4ccccc4n5-c4cc(C(C)(C)C)ccn4)ccc3)c3cc4oc5c(-c6ccccc6)cccc5c4cc32)c([2H])c1[2H].[Pt]. The Bertz CT molecular complexity index is 5630. The second-order valence-corrected chi connectivity index (χ2v) is 20.3. The van der Waals surface area contributed by atoms with E-state index >= 15 is 0 Å². The predicted octanol–water partition coefficient (Wildman–Crippen LogP) is 18.1. The summed E-state index contributed by atoms with van der Waals surface area (Å²) >= 11 is 0. The zero-order valence-electron chi connectivity index (χ0n) is 66.4. The van der Waals surface area contributed by atoms with Crippen LogP contribution in [0.2, 0.25) is 0 Å². The van der Waals surface area contributed by atoms with Gasteiger partial charge in [-0.2, -0.15) is 18.2 Å². The molecule has 390 valence electrons. The van der Waals surface area contributed by atoms with E-state index in [0.29, 0.717) is 38.8 Å². The maximum atomic E-state index is 10.4. The number of hydrogen-bond acceptors (Lipinski definition) is 3. The van der Waals surface area contributed by atoms with Gasteiger partial charge in [-0.3, -0.25) is 4.57 Å². The van der Waals surface area contributed by atoms with Crippen LogP contribution in [-0.2, 0) is 37.3 Å². The van der Waals surface area contributed by atoms with Crippen LogP contribution in [0.3, 0.4) is 0 Å². The first-order chi connectivity index (χ1) is 47.6. The van der Waals surface area contributed by atoms with Crippen molar-refractivity contribution in [2.24, 2.45) is 0 Å². The quantitative estimate of drug-likeness (QED) is 0.113. The smallest absolute Gasteiger partial charge is 0.268 e. The molecule has 0 fully saturated rings. The molecule has 6 nitrogen and oxygen atoms in total. The van der Waals surface area contributed by atoms with Crippen LogP contribution in [0.15, 0.2) is 205 Å². The van der Waals surface area contributed by atoms with Gasteiger partial charge in [-0.05, 0) is 115 Å². The van der Waals surface area contributed by atoms with Crippen LogP contribution in [0.5, 0.6) is 11.5 Å². The fourth-order valence-electron chi connectivity index (χ4n) is 10.5. The second-order valence-electron chi connectivity index (χ2n) is 20.3. The summed E-state index contributed by atoms with van der Waals surface area (Å²) in [5, 5.41) is 2.81. The van der Waals surface area contributed by atoms with Crippen molar-refractivity contribution in [2.75, 3.05) is 0 Å². The van der Waals surface area contributed by atoms with E-state index in [4.69, 9.17) is 34.7 Å². The van der Waals surface area contributed by atoms with Gasteiger partial charge in [0.1, 0.15) is 17.0 Å². The number of nitrogens with zero attached hydrogens (tertiary/aromatic N) is 4. The summed E-state index contributed by atoms with van der Waals surface area (Å²) in [6.07, 6.45) is -4.18. The molecule has 0 radical (unpaired) electrons. The summed E-state index contributed by atoms with van der Waals surface area (Å²) in [7, 11) is 0. The van der Waals surface area contributed by atoms with Gasteiger partial charge in [-0.1, -0.05) is 187 Å². The number of ether oxygens (including phenoxy) is 1. The first-order valence-electron chi connectivity index (χ1n) is 37.0. The molecule has 79 heavy (non-hydrogen) atoms. The van der Waals surface area contributed by atoms with Crippen molar-refractivity contribution in [1.29, 1.82) is 0 Å². The predicted molar refractivity (Wildman–Crippen MR) is 318 cm³/mol. The van der Waals surface area contributed by atoms with Gasteiger partial charge in [0.05, 0.1) is 27.7 Å². The number of hydrogen-bond donors (Lipinski definition) is 0. The number of imidazole rings is 1. The fraction of sp³-hybridized carbons (Fsp3) is 0.167. The second kappa shape index (κ2) is 19.0. The van der Waals surface area contributed by atoms with Crippen LogP contribution in [0.1, 0.15) is 111 Å². The third kappa shape index (κ3) is 8.51. The molecule has 0 bridgehead atoms. The summed E-state index contributed by atoms with van der Waals surface area (Å²) in [6.45, 7) is -11.1. The van der Waals surface area contributed by atoms with Crippen molar-refractivity contribution in [2.45, 2.75) is 77.2 Å². The molecule has 7 heteroatoms. The Labute approximate surface area is 509 Å². The van der Waals surface area contributed by atoms with Gasteiger partial charge < -0.3 is 18.3 Å². The Hall–Kier alpha value is -8.31. The van der Waals surface area contributed by atoms with E-state index in [0.717, 1.165) is 27.4 Å².